The number of benzene rings is 3. The zero-order valence-corrected chi connectivity index (χ0v) is 15.5. The third-order valence-electron chi connectivity index (χ3n) is 4.53. The fourth-order valence-corrected chi connectivity index (χ4v) is 4.35. The average Bonchev–Trinajstić information content (AvgIpc) is 3.18. The first-order valence-corrected chi connectivity index (χ1v) is 8.99. The standard InChI is InChI=1S/C19H8Cl4O2/c20-13-14(21)16(23)18-17(15(13)22)24-19(25-18)11-7-3-1-5-9(11)10-6-2-4-8-12(10)19/h1-8H. The highest BCUT2D eigenvalue weighted by Crippen LogP contribution is 2.61. The largest absolute Gasteiger partial charge is 0.439 e. The van der Waals surface area contributed by atoms with Crippen LogP contribution in [0, 0.1) is 0 Å². The Bertz CT molecular complexity index is 977. The first-order chi connectivity index (χ1) is 12.0. The molecule has 1 aliphatic heterocycles. The van der Waals surface area contributed by atoms with Crippen molar-refractivity contribution in [3.63, 3.8) is 0 Å². The van der Waals surface area contributed by atoms with Gasteiger partial charge in [-0.2, -0.15) is 0 Å². The second-order valence-electron chi connectivity index (χ2n) is 5.83. The van der Waals surface area contributed by atoms with E-state index in [-0.39, 0.29) is 20.1 Å². The van der Waals surface area contributed by atoms with E-state index in [9.17, 15) is 0 Å². The second-order valence-corrected chi connectivity index (χ2v) is 7.34. The van der Waals surface area contributed by atoms with Crippen LogP contribution in [0.2, 0.25) is 20.1 Å². The number of hydrogen-bond donors (Lipinski definition) is 0. The molecule has 0 atom stereocenters. The van der Waals surface area contributed by atoms with Crippen LogP contribution in [0.25, 0.3) is 11.1 Å². The topological polar surface area (TPSA) is 18.5 Å². The highest BCUT2D eigenvalue weighted by atomic mass is 35.5. The van der Waals surface area contributed by atoms with E-state index in [0.717, 1.165) is 22.3 Å². The molecule has 3 aromatic rings. The minimum atomic E-state index is -1.16. The highest BCUT2D eigenvalue weighted by molar-refractivity contribution is 6.53. The maximum absolute atomic E-state index is 6.35. The van der Waals surface area contributed by atoms with Gasteiger partial charge in [-0.3, -0.25) is 0 Å². The maximum atomic E-state index is 6.35. The molecular weight excluding hydrogens is 402 g/mol. The lowest BCUT2D eigenvalue weighted by Gasteiger charge is -2.25. The molecule has 3 aromatic carbocycles. The molecule has 1 heterocycles. The third-order valence-corrected chi connectivity index (χ3v) is 6.30. The van der Waals surface area contributed by atoms with Crippen LogP contribution in [0.3, 0.4) is 0 Å². The van der Waals surface area contributed by atoms with Crippen molar-refractivity contribution in [2.24, 2.45) is 0 Å². The predicted octanol–water partition coefficient (Wildman–Crippen LogP) is 6.95. The van der Waals surface area contributed by atoms with Crippen LogP contribution >= 0.6 is 46.4 Å². The van der Waals surface area contributed by atoms with E-state index in [1.165, 1.54) is 0 Å². The molecule has 2 aliphatic rings. The van der Waals surface area contributed by atoms with Gasteiger partial charge in [-0.1, -0.05) is 94.9 Å². The zero-order valence-electron chi connectivity index (χ0n) is 12.4. The van der Waals surface area contributed by atoms with E-state index in [1.54, 1.807) is 0 Å². The van der Waals surface area contributed by atoms with Gasteiger partial charge in [-0.05, 0) is 11.1 Å². The smallest absolute Gasteiger partial charge is 0.307 e. The summed E-state index contributed by atoms with van der Waals surface area (Å²) in [4.78, 5) is 0. The average molecular weight is 410 g/mol. The van der Waals surface area contributed by atoms with Crippen molar-refractivity contribution < 1.29 is 9.47 Å². The zero-order chi connectivity index (χ0) is 17.3. The number of hydrogen-bond acceptors (Lipinski definition) is 2. The van der Waals surface area contributed by atoms with Crippen molar-refractivity contribution in [2.75, 3.05) is 0 Å². The van der Waals surface area contributed by atoms with Crippen molar-refractivity contribution in [3.05, 3.63) is 79.7 Å². The minimum absolute atomic E-state index is 0.146. The molecular formula is C19H8Cl4O2. The number of rotatable bonds is 0. The molecule has 2 nitrogen and oxygen atoms in total. The molecule has 0 saturated carbocycles. The summed E-state index contributed by atoms with van der Waals surface area (Å²) < 4.78 is 12.5. The summed E-state index contributed by atoms with van der Waals surface area (Å²) in [5.74, 6) is -0.559. The van der Waals surface area contributed by atoms with Gasteiger partial charge in [0, 0.05) is 11.1 Å². The van der Waals surface area contributed by atoms with Crippen molar-refractivity contribution in [2.45, 2.75) is 5.79 Å². The summed E-state index contributed by atoms with van der Waals surface area (Å²) in [7, 11) is 0. The van der Waals surface area contributed by atoms with Crippen LogP contribution in [0.15, 0.2) is 48.5 Å². The van der Waals surface area contributed by atoms with Crippen LogP contribution in [-0.2, 0) is 5.79 Å². The van der Waals surface area contributed by atoms with Crippen LogP contribution in [0.1, 0.15) is 11.1 Å². The molecule has 6 heteroatoms. The van der Waals surface area contributed by atoms with Crippen molar-refractivity contribution in [1.82, 2.24) is 0 Å². The van der Waals surface area contributed by atoms with Gasteiger partial charge in [0.05, 0.1) is 10.0 Å². The van der Waals surface area contributed by atoms with Crippen molar-refractivity contribution >= 4 is 46.4 Å². The fourth-order valence-electron chi connectivity index (χ4n) is 3.46. The Morgan fingerprint density at radius 1 is 0.560 bits per heavy atom. The monoisotopic (exact) mass is 408 g/mol. The van der Waals surface area contributed by atoms with Gasteiger partial charge in [0.25, 0.3) is 0 Å². The Morgan fingerprint density at radius 2 is 0.960 bits per heavy atom. The van der Waals surface area contributed by atoms with E-state index in [0.29, 0.717) is 11.5 Å². The first-order valence-electron chi connectivity index (χ1n) is 7.48. The minimum Gasteiger partial charge on any atom is -0.439 e. The SMILES string of the molecule is Clc1c(Cl)c(Cl)c2c(c1Cl)OC1(O2)c2ccccc2-c2ccccc21. The molecule has 124 valence electrons. The predicted molar refractivity (Wildman–Crippen MR) is 100 cm³/mol. The Balaban J connectivity index is 1.82. The number of ether oxygens (including phenoxy) is 2. The van der Waals surface area contributed by atoms with Crippen molar-refractivity contribution in [3.8, 4) is 22.6 Å². The van der Waals surface area contributed by atoms with Crippen LogP contribution in [-0.4, -0.2) is 0 Å². The molecule has 0 N–H and O–H groups in total. The van der Waals surface area contributed by atoms with Gasteiger partial charge in [0.1, 0.15) is 10.0 Å². The molecule has 25 heavy (non-hydrogen) atoms. The molecule has 0 fully saturated rings. The van der Waals surface area contributed by atoms with E-state index in [2.05, 4.69) is 0 Å². The summed E-state index contributed by atoms with van der Waals surface area (Å²) in [6.45, 7) is 0. The molecule has 0 radical (unpaired) electrons. The second kappa shape index (κ2) is 5.21. The summed E-state index contributed by atoms with van der Waals surface area (Å²) in [6.07, 6.45) is 0. The normalized spacial score (nSPS) is 15.4. The lowest BCUT2D eigenvalue weighted by atomic mass is 10.0. The Hall–Kier alpha value is -1.58. The van der Waals surface area contributed by atoms with Gasteiger partial charge in [-0.25, -0.2) is 0 Å². The number of halogens is 4. The maximum Gasteiger partial charge on any atom is 0.307 e. The van der Waals surface area contributed by atoms with E-state index >= 15 is 0 Å². The van der Waals surface area contributed by atoms with Crippen LogP contribution in [0.5, 0.6) is 11.5 Å². The molecule has 0 aromatic heterocycles. The summed E-state index contributed by atoms with van der Waals surface area (Å²) in [5, 5.41) is 0.661. The van der Waals surface area contributed by atoms with Crippen molar-refractivity contribution in [1.29, 1.82) is 0 Å². The highest BCUT2D eigenvalue weighted by Gasteiger charge is 2.53. The molecule has 1 aliphatic carbocycles. The summed E-state index contributed by atoms with van der Waals surface area (Å²) in [6, 6.07) is 15.8. The van der Waals surface area contributed by atoms with Gasteiger partial charge >= 0.3 is 5.79 Å². The molecule has 0 bridgehead atoms. The van der Waals surface area contributed by atoms with Crippen LogP contribution < -0.4 is 9.47 Å². The quantitative estimate of drug-likeness (QED) is 0.295. The first kappa shape index (κ1) is 15.7. The van der Waals surface area contributed by atoms with E-state index in [1.807, 2.05) is 48.5 Å². The Kier molecular flexibility index (Phi) is 3.27. The van der Waals surface area contributed by atoms with E-state index in [4.69, 9.17) is 55.9 Å². The molecule has 0 saturated heterocycles. The summed E-state index contributed by atoms with van der Waals surface area (Å²) in [5.41, 5.74) is 3.84. The molecule has 5 rings (SSSR count). The Morgan fingerprint density at radius 3 is 1.40 bits per heavy atom. The molecule has 0 unspecified atom stereocenters. The van der Waals surface area contributed by atoms with Gasteiger partial charge in [0.2, 0.25) is 0 Å². The van der Waals surface area contributed by atoms with Crippen LogP contribution in [0.4, 0.5) is 0 Å². The summed E-state index contributed by atoms with van der Waals surface area (Å²) >= 11 is 25.1. The van der Waals surface area contributed by atoms with Gasteiger partial charge < -0.3 is 9.47 Å². The van der Waals surface area contributed by atoms with Gasteiger partial charge in [0.15, 0.2) is 11.5 Å². The third kappa shape index (κ3) is 1.89. The van der Waals surface area contributed by atoms with Gasteiger partial charge in [-0.15, -0.1) is 0 Å². The van der Waals surface area contributed by atoms with E-state index < -0.39 is 5.79 Å². The molecule has 0 amide bonds. The molecule has 1 spiro atoms. The Labute approximate surface area is 163 Å². The number of fused-ring (bicyclic) bond motifs is 6. The lowest BCUT2D eigenvalue weighted by Crippen LogP contribution is -2.34. The fraction of sp³-hybridized carbons (Fsp3) is 0.0526. The lowest BCUT2D eigenvalue weighted by molar-refractivity contribution is -0.0416.